The van der Waals surface area contributed by atoms with Crippen LogP contribution in [0.4, 0.5) is 4.39 Å². The molecule has 94 valence electrons. The van der Waals surface area contributed by atoms with E-state index in [-0.39, 0.29) is 16.4 Å². The molecule has 1 fully saturated rings. The molecule has 0 bridgehead atoms. The monoisotopic (exact) mass is 257 g/mol. The number of nitrogens with one attached hydrogen (secondary N) is 1. The van der Waals surface area contributed by atoms with Crippen molar-refractivity contribution in [3.8, 4) is 0 Å². The molecule has 1 aliphatic rings. The lowest BCUT2D eigenvalue weighted by Crippen LogP contribution is -2.36. The van der Waals surface area contributed by atoms with Gasteiger partial charge < -0.3 is 10.1 Å². The highest BCUT2D eigenvalue weighted by Gasteiger charge is 2.29. The van der Waals surface area contributed by atoms with Gasteiger partial charge in [-0.05, 0) is 25.8 Å². The number of hydrogen-bond acceptors (Lipinski definition) is 2. The first-order valence-corrected chi connectivity index (χ1v) is 6.26. The maximum Gasteiger partial charge on any atom is 0.146 e. The Hall–Kier alpha value is -0.640. The van der Waals surface area contributed by atoms with E-state index in [9.17, 15) is 4.39 Å². The van der Waals surface area contributed by atoms with Crippen molar-refractivity contribution in [2.24, 2.45) is 0 Å². The first-order chi connectivity index (χ1) is 8.11. The van der Waals surface area contributed by atoms with Gasteiger partial charge in [0.1, 0.15) is 5.82 Å². The minimum Gasteiger partial charge on any atom is -0.374 e. The van der Waals surface area contributed by atoms with E-state index in [2.05, 4.69) is 12.2 Å². The topological polar surface area (TPSA) is 21.3 Å². The minimum atomic E-state index is -0.334. The molecule has 2 nitrogen and oxygen atoms in total. The Labute approximate surface area is 106 Å². The summed E-state index contributed by atoms with van der Waals surface area (Å²) in [7, 11) is 0. The Kier molecular flexibility index (Phi) is 4.02. The van der Waals surface area contributed by atoms with Crippen LogP contribution in [0, 0.1) is 5.82 Å². The van der Waals surface area contributed by atoms with Gasteiger partial charge in [0.15, 0.2) is 0 Å². The van der Waals surface area contributed by atoms with Crippen LogP contribution in [0.2, 0.25) is 5.02 Å². The summed E-state index contributed by atoms with van der Waals surface area (Å²) < 4.78 is 19.2. The zero-order valence-corrected chi connectivity index (χ0v) is 10.7. The lowest BCUT2D eigenvalue weighted by molar-refractivity contribution is 0.0206. The highest BCUT2D eigenvalue weighted by molar-refractivity contribution is 6.30. The Bertz CT molecular complexity index is 391. The molecule has 4 heteroatoms. The molecule has 0 aliphatic carbocycles. The molecule has 1 aromatic rings. The molecule has 0 saturated carbocycles. The van der Waals surface area contributed by atoms with Crippen LogP contribution in [-0.2, 0) is 11.3 Å². The normalized spacial score (nSPS) is 24.2. The van der Waals surface area contributed by atoms with Gasteiger partial charge in [-0.2, -0.15) is 0 Å². The number of halogens is 2. The molecule has 1 N–H and O–H groups in total. The van der Waals surface area contributed by atoms with E-state index in [0.717, 1.165) is 26.0 Å². The largest absolute Gasteiger partial charge is 0.374 e. The van der Waals surface area contributed by atoms with Gasteiger partial charge >= 0.3 is 0 Å². The van der Waals surface area contributed by atoms with E-state index in [4.69, 9.17) is 16.3 Å². The standard InChI is InChI=1S/C13H17ClFNO/c1-13(6-3-7-17-13)9-16-8-10-4-2-5-11(14)12(10)15/h2,4-5,16H,3,6-9H2,1H3. The lowest BCUT2D eigenvalue weighted by Gasteiger charge is -2.23. The zero-order chi connectivity index (χ0) is 12.3. The van der Waals surface area contributed by atoms with E-state index >= 15 is 0 Å². The van der Waals surface area contributed by atoms with Crippen molar-refractivity contribution in [1.82, 2.24) is 5.32 Å². The molecule has 1 aliphatic heterocycles. The van der Waals surface area contributed by atoms with Crippen molar-refractivity contribution >= 4 is 11.6 Å². The first kappa shape index (κ1) is 12.8. The smallest absolute Gasteiger partial charge is 0.146 e. The van der Waals surface area contributed by atoms with Crippen molar-refractivity contribution in [2.75, 3.05) is 13.2 Å². The van der Waals surface area contributed by atoms with Crippen molar-refractivity contribution in [2.45, 2.75) is 31.9 Å². The molecule has 0 spiro atoms. The third kappa shape index (κ3) is 3.18. The van der Waals surface area contributed by atoms with Crippen LogP contribution in [0.1, 0.15) is 25.3 Å². The van der Waals surface area contributed by atoms with Crippen LogP contribution in [0.5, 0.6) is 0 Å². The summed E-state index contributed by atoms with van der Waals surface area (Å²) in [6.45, 7) is 4.12. The van der Waals surface area contributed by atoms with Gasteiger partial charge in [0, 0.05) is 25.3 Å². The van der Waals surface area contributed by atoms with Crippen LogP contribution < -0.4 is 5.32 Å². The van der Waals surface area contributed by atoms with E-state index < -0.39 is 0 Å². The van der Waals surface area contributed by atoms with Gasteiger partial charge in [0.05, 0.1) is 10.6 Å². The van der Waals surface area contributed by atoms with Crippen LogP contribution >= 0.6 is 11.6 Å². The summed E-state index contributed by atoms with van der Waals surface area (Å²) in [6, 6.07) is 5.06. The van der Waals surface area contributed by atoms with Crippen molar-refractivity contribution in [3.63, 3.8) is 0 Å². The van der Waals surface area contributed by atoms with Crippen LogP contribution in [-0.4, -0.2) is 18.8 Å². The summed E-state index contributed by atoms with van der Waals surface area (Å²) in [5.41, 5.74) is 0.494. The lowest BCUT2D eigenvalue weighted by atomic mass is 10.0. The highest BCUT2D eigenvalue weighted by atomic mass is 35.5. The van der Waals surface area contributed by atoms with Crippen LogP contribution in [0.25, 0.3) is 0 Å². The number of ether oxygens (including phenoxy) is 1. The van der Waals surface area contributed by atoms with E-state index in [1.807, 2.05) is 0 Å². The number of hydrogen-bond donors (Lipinski definition) is 1. The minimum absolute atomic E-state index is 0.102. The molecule has 1 saturated heterocycles. The second-order valence-corrected chi connectivity index (χ2v) is 5.13. The molecule has 1 heterocycles. The summed E-state index contributed by atoms with van der Waals surface area (Å²) in [4.78, 5) is 0. The summed E-state index contributed by atoms with van der Waals surface area (Å²) in [5.74, 6) is -0.334. The quantitative estimate of drug-likeness (QED) is 0.895. The summed E-state index contributed by atoms with van der Waals surface area (Å²) in [6.07, 6.45) is 2.15. The van der Waals surface area contributed by atoms with Gasteiger partial charge in [-0.1, -0.05) is 23.7 Å². The second-order valence-electron chi connectivity index (χ2n) is 4.72. The Morgan fingerprint density at radius 2 is 2.35 bits per heavy atom. The van der Waals surface area contributed by atoms with Gasteiger partial charge in [-0.15, -0.1) is 0 Å². The van der Waals surface area contributed by atoms with Gasteiger partial charge in [0.2, 0.25) is 0 Å². The third-order valence-corrected chi connectivity index (χ3v) is 3.44. The fourth-order valence-corrected chi connectivity index (χ4v) is 2.32. The Balaban J connectivity index is 1.88. The van der Waals surface area contributed by atoms with Crippen molar-refractivity contribution in [3.05, 3.63) is 34.6 Å². The third-order valence-electron chi connectivity index (χ3n) is 3.15. The summed E-state index contributed by atoms with van der Waals surface area (Å²) in [5, 5.41) is 3.40. The predicted molar refractivity (Wildman–Crippen MR) is 66.7 cm³/mol. The molecule has 0 aromatic heterocycles. The van der Waals surface area contributed by atoms with E-state index in [1.165, 1.54) is 0 Å². The van der Waals surface area contributed by atoms with E-state index in [1.54, 1.807) is 18.2 Å². The molecular formula is C13H17ClFNO. The molecule has 2 rings (SSSR count). The molecule has 1 unspecified atom stereocenters. The zero-order valence-electron chi connectivity index (χ0n) is 9.93. The fourth-order valence-electron chi connectivity index (χ4n) is 2.12. The SMILES string of the molecule is CC1(CNCc2cccc(Cl)c2F)CCCO1. The summed E-state index contributed by atoms with van der Waals surface area (Å²) >= 11 is 5.72. The van der Waals surface area contributed by atoms with Gasteiger partial charge in [-0.3, -0.25) is 0 Å². The van der Waals surface area contributed by atoms with E-state index in [0.29, 0.717) is 12.1 Å². The van der Waals surface area contributed by atoms with Gasteiger partial charge in [-0.25, -0.2) is 4.39 Å². The van der Waals surface area contributed by atoms with Gasteiger partial charge in [0.25, 0.3) is 0 Å². The fraction of sp³-hybridized carbons (Fsp3) is 0.538. The Morgan fingerprint density at radius 3 is 3.06 bits per heavy atom. The molecule has 0 amide bonds. The van der Waals surface area contributed by atoms with Crippen LogP contribution in [0.3, 0.4) is 0 Å². The number of benzene rings is 1. The molecule has 1 aromatic carbocycles. The molecular weight excluding hydrogens is 241 g/mol. The average molecular weight is 258 g/mol. The molecule has 17 heavy (non-hydrogen) atoms. The predicted octanol–water partition coefficient (Wildman–Crippen LogP) is 3.14. The maximum atomic E-state index is 13.6. The van der Waals surface area contributed by atoms with Crippen LogP contribution in [0.15, 0.2) is 18.2 Å². The number of rotatable bonds is 4. The van der Waals surface area contributed by atoms with Crippen molar-refractivity contribution < 1.29 is 9.13 Å². The Morgan fingerprint density at radius 1 is 1.53 bits per heavy atom. The molecule has 1 atom stereocenters. The highest BCUT2D eigenvalue weighted by Crippen LogP contribution is 2.24. The second kappa shape index (κ2) is 5.34. The average Bonchev–Trinajstić information content (AvgIpc) is 2.72. The first-order valence-electron chi connectivity index (χ1n) is 5.88. The molecule has 0 radical (unpaired) electrons. The van der Waals surface area contributed by atoms with Crippen molar-refractivity contribution in [1.29, 1.82) is 0 Å². The maximum absolute atomic E-state index is 13.6.